The molecule has 2 atom stereocenters. The molecular formula is C48H59FN6O7. The maximum Gasteiger partial charge on any atom is 0.254 e. The van der Waals surface area contributed by atoms with Crippen molar-refractivity contribution in [3.8, 4) is 17.6 Å². The van der Waals surface area contributed by atoms with Gasteiger partial charge in [0.25, 0.3) is 11.8 Å². The van der Waals surface area contributed by atoms with Gasteiger partial charge in [-0.05, 0) is 93.8 Å². The van der Waals surface area contributed by atoms with E-state index in [4.69, 9.17) is 14.2 Å². The van der Waals surface area contributed by atoms with Gasteiger partial charge in [0, 0.05) is 85.2 Å². The molecule has 7 rings (SSSR count). The summed E-state index contributed by atoms with van der Waals surface area (Å²) in [7, 11) is 0. The zero-order chi connectivity index (χ0) is 44.7. The molecule has 3 aromatic carbocycles. The fraction of sp³-hybridized carbons (Fsp3) is 0.521. The zero-order valence-corrected chi connectivity index (χ0v) is 37.0. The van der Waals surface area contributed by atoms with Crippen LogP contribution in [0.15, 0.2) is 54.6 Å². The van der Waals surface area contributed by atoms with Crippen LogP contribution in [0.25, 0.3) is 0 Å². The molecule has 330 valence electrons. The average Bonchev–Trinajstić information content (AvgIpc) is 3.20. The molecule has 14 heteroatoms. The van der Waals surface area contributed by atoms with Gasteiger partial charge >= 0.3 is 0 Å². The highest BCUT2D eigenvalue weighted by Gasteiger charge is 2.64. The third-order valence-electron chi connectivity index (χ3n) is 13.3. The Labute approximate surface area is 363 Å². The number of hydrogen-bond donors (Lipinski definition) is 3. The largest absolute Gasteiger partial charge is 0.490 e. The minimum atomic E-state index is -0.896. The molecule has 0 unspecified atom stereocenters. The van der Waals surface area contributed by atoms with E-state index in [9.17, 15) is 24.4 Å². The molecule has 0 spiro atoms. The van der Waals surface area contributed by atoms with Crippen LogP contribution in [0.3, 0.4) is 0 Å². The zero-order valence-electron chi connectivity index (χ0n) is 37.0. The lowest BCUT2D eigenvalue weighted by Gasteiger charge is -2.63. The first-order valence-electron chi connectivity index (χ1n) is 21.7. The summed E-state index contributed by atoms with van der Waals surface area (Å²) in [6.45, 7) is 19.4. The average molecular weight is 851 g/mol. The number of nitrogens with one attached hydrogen (secondary N) is 3. The number of nitrogens with zero attached hydrogens (tertiary/aromatic N) is 3. The fourth-order valence-electron chi connectivity index (χ4n) is 10.1. The summed E-state index contributed by atoms with van der Waals surface area (Å²) < 4.78 is 34.0. The lowest BCUT2D eigenvalue weighted by molar-refractivity contribution is -0.164. The molecule has 2 heterocycles. The van der Waals surface area contributed by atoms with Crippen LogP contribution in [0.2, 0.25) is 0 Å². The van der Waals surface area contributed by atoms with E-state index in [1.54, 1.807) is 6.07 Å². The maximum atomic E-state index is 15.0. The van der Waals surface area contributed by atoms with Gasteiger partial charge in [-0.3, -0.25) is 29.4 Å². The van der Waals surface area contributed by atoms with Gasteiger partial charge in [-0.2, -0.15) is 5.26 Å². The van der Waals surface area contributed by atoms with Crippen molar-refractivity contribution in [1.82, 2.24) is 20.9 Å². The maximum absolute atomic E-state index is 15.0. The summed E-state index contributed by atoms with van der Waals surface area (Å²) in [6.07, 6.45) is 1.50. The smallest absolute Gasteiger partial charge is 0.254 e. The Morgan fingerprint density at radius 1 is 0.968 bits per heavy atom. The molecule has 0 bridgehead atoms. The molecule has 2 aliphatic carbocycles. The highest BCUT2D eigenvalue weighted by Crippen LogP contribution is 2.55. The van der Waals surface area contributed by atoms with Crippen LogP contribution in [0.4, 0.5) is 10.1 Å². The molecule has 2 saturated heterocycles. The molecular weight excluding hydrogens is 792 g/mol. The van der Waals surface area contributed by atoms with Crippen LogP contribution < -0.4 is 30.3 Å². The molecule has 62 heavy (non-hydrogen) atoms. The highest BCUT2D eigenvalue weighted by atomic mass is 19.1. The van der Waals surface area contributed by atoms with E-state index in [0.29, 0.717) is 30.0 Å². The first-order valence-corrected chi connectivity index (χ1v) is 21.7. The molecule has 0 aromatic heterocycles. The van der Waals surface area contributed by atoms with Crippen LogP contribution in [-0.2, 0) is 14.3 Å². The van der Waals surface area contributed by atoms with Crippen molar-refractivity contribution in [2.45, 2.75) is 124 Å². The molecule has 4 fully saturated rings. The second-order valence-electron chi connectivity index (χ2n) is 18.9. The van der Waals surface area contributed by atoms with Crippen LogP contribution in [0, 0.1) is 41.8 Å². The number of imide groups is 1. The summed E-state index contributed by atoms with van der Waals surface area (Å²) in [5.74, 6) is -1.54. The van der Waals surface area contributed by atoms with Crippen molar-refractivity contribution in [1.29, 1.82) is 5.26 Å². The second kappa shape index (κ2) is 17.7. The first-order chi connectivity index (χ1) is 29.3. The number of piperidine rings is 1. The third kappa shape index (κ3) is 9.15. The standard InChI is InChI=1S/C48H59FN6O7/c1-27(2)55(32-21-35(22-32)61-33-13-14-37(39(49)23-33)43(58)51-40-15-16-41(56)52-44(40)59)26-36-25-54(17-18-60-36)31-11-9-30(10-12-31)42(57)53-45-47(5,6)46(48(45,7)8)62-34-19-28(3)38(24-50)29(4)20-34/h9-14,19-20,23,27,32,35-36,40,45-46H,15-18,21-22,25-26H2,1-8H3,(H,51,58)(H,53,57)(H,52,56,59)/t32?,35?,36-,40+,45?,46?/m1/s1. The number of ether oxygens (including phenoxy) is 3. The predicted octanol–water partition coefficient (Wildman–Crippen LogP) is 5.99. The molecule has 4 aliphatic rings. The van der Waals surface area contributed by atoms with Gasteiger partial charge in [0.05, 0.1) is 29.9 Å². The third-order valence-corrected chi connectivity index (χ3v) is 13.3. The molecule has 2 aliphatic heterocycles. The van der Waals surface area contributed by atoms with Gasteiger partial charge in [0.15, 0.2) is 0 Å². The number of nitriles is 1. The molecule has 3 aromatic rings. The summed E-state index contributed by atoms with van der Waals surface area (Å²) in [5.41, 5.74) is 3.17. The SMILES string of the molecule is Cc1cc(OC2C(C)(C)C(NC(=O)c3ccc(N4CCO[C@@H](CN(C(C)C)C5CC(Oc6ccc(C(=O)N[C@H]7CCC(=O)NC7=O)c(F)c6)C5)C4)cc3)C2(C)C)cc(C)c1C#N. The van der Waals surface area contributed by atoms with Crippen molar-refractivity contribution in [3.05, 3.63) is 88.2 Å². The van der Waals surface area contributed by atoms with E-state index < -0.39 is 29.6 Å². The number of halogens is 1. The number of hydrogen-bond acceptors (Lipinski definition) is 10. The van der Waals surface area contributed by atoms with E-state index in [2.05, 4.69) is 73.4 Å². The van der Waals surface area contributed by atoms with Crippen LogP contribution in [-0.4, -0.2) is 97.2 Å². The van der Waals surface area contributed by atoms with Crippen molar-refractivity contribution < 1.29 is 37.8 Å². The van der Waals surface area contributed by atoms with Crippen LogP contribution in [0.1, 0.15) is 105 Å². The Balaban J connectivity index is 0.887. The van der Waals surface area contributed by atoms with Crippen LogP contribution >= 0.6 is 0 Å². The Kier molecular flexibility index (Phi) is 12.7. The van der Waals surface area contributed by atoms with Crippen molar-refractivity contribution >= 4 is 29.3 Å². The highest BCUT2D eigenvalue weighted by molar-refractivity contribution is 6.03. The van der Waals surface area contributed by atoms with Gasteiger partial charge < -0.3 is 29.7 Å². The van der Waals surface area contributed by atoms with E-state index in [0.717, 1.165) is 48.5 Å². The van der Waals surface area contributed by atoms with E-state index in [1.807, 2.05) is 50.2 Å². The molecule has 13 nitrogen and oxygen atoms in total. The molecule has 3 N–H and O–H groups in total. The minimum absolute atomic E-state index is 0.0302. The lowest BCUT2D eigenvalue weighted by Crippen LogP contribution is -2.74. The van der Waals surface area contributed by atoms with Crippen molar-refractivity contribution in [2.24, 2.45) is 10.8 Å². The molecule has 2 saturated carbocycles. The van der Waals surface area contributed by atoms with E-state index in [1.165, 1.54) is 12.1 Å². The molecule has 4 amide bonds. The quantitative estimate of drug-likeness (QED) is 0.174. The number of rotatable bonds is 13. The van der Waals surface area contributed by atoms with Crippen LogP contribution in [0.5, 0.6) is 11.5 Å². The molecule has 0 radical (unpaired) electrons. The van der Waals surface area contributed by atoms with Gasteiger partial charge in [-0.15, -0.1) is 0 Å². The normalized spacial score (nSPS) is 25.2. The fourth-order valence-corrected chi connectivity index (χ4v) is 10.1. The Morgan fingerprint density at radius 2 is 1.65 bits per heavy atom. The number of benzene rings is 3. The monoisotopic (exact) mass is 850 g/mol. The van der Waals surface area contributed by atoms with Gasteiger partial charge in [-0.25, -0.2) is 4.39 Å². The number of amides is 4. The number of aryl methyl sites for hydroxylation is 2. The van der Waals surface area contributed by atoms with E-state index in [-0.39, 0.29) is 71.6 Å². The Bertz CT molecular complexity index is 2210. The van der Waals surface area contributed by atoms with Gasteiger partial charge in [-0.1, -0.05) is 27.7 Å². The number of carbonyl (C=O) groups is 4. The summed E-state index contributed by atoms with van der Waals surface area (Å²) in [6, 6.07) is 17.5. The van der Waals surface area contributed by atoms with Crippen molar-refractivity contribution in [2.75, 3.05) is 31.1 Å². The topological polar surface area (TPSA) is 162 Å². The van der Waals surface area contributed by atoms with Gasteiger partial charge in [0.1, 0.15) is 35.6 Å². The number of carbonyl (C=O) groups excluding carboxylic acids is 4. The summed E-state index contributed by atoms with van der Waals surface area (Å²) >= 11 is 0. The summed E-state index contributed by atoms with van der Waals surface area (Å²) in [4.78, 5) is 54.5. The Morgan fingerprint density at radius 3 is 2.26 bits per heavy atom. The van der Waals surface area contributed by atoms with Crippen molar-refractivity contribution in [3.63, 3.8) is 0 Å². The lowest BCUT2D eigenvalue weighted by atomic mass is 9.49. The van der Waals surface area contributed by atoms with Gasteiger partial charge in [0.2, 0.25) is 11.8 Å². The second-order valence-corrected chi connectivity index (χ2v) is 18.9. The predicted molar refractivity (Wildman–Crippen MR) is 232 cm³/mol. The number of anilines is 1. The Hall–Kier alpha value is -5.52. The minimum Gasteiger partial charge on any atom is -0.490 e. The summed E-state index contributed by atoms with van der Waals surface area (Å²) in [5, 5.41) is 17.5. The van der Waals surface area contributed by atoms with E-state index >= 15 is 4.39 Å². The number of morpholine rings is 1. The first kappa shape index (κ1) is 44.5.